The van der Waals surface area contributed by atoms with Gasteiger partial charge in [-0.05, 0) is 112 Å². The summed E-state index contributed by atoms with van der Waals surface area (Å²) in [5.74, 6) is -5.20. The number of ether oxygens (including phenoxy) is 4. The van der Waals surface area contributed by atoms with Crippen LogP contribution in [0.5, 0.6) is 5.75 Å². The van der Waals surface area contributed by atoms with Gasteiger partial charge in [-0.25, -0.2) is 9.59 Å². The number of aromatic nitrogens is 1. The van der Waals surface area contributed by atoms with Crippen molar-refractivity contribution in [3.63, 3.8) is 0 Å². The lowest BCUT2D eigenvalue weighted by molar-refractivity contribution is -0.192. The average Bonchev–Trinajstić information content (AvgIpc) is 4.04. The second-order valence-electron chi connectivity index (χ2n) is 19.5. The normalized spacial score (nSPS) is 13.7. The first kappa shape index (κ1) is 68.8. The number of rotatable bonds is 37. The lowest BCUT2D eigenvalue weighted by Gasteiger charge is -2.21. The minimum atomic E-state index is -5.08. The van der Waals surface area contributed by atoms with Gasteiger partial charge in [-0.3, -0.25) is 33.8 Å². The number of nitrogens with two attached hydrogens (primary N) is 1. The molecule has 1 aliphatic heterocycles. The van der Waals surface area contributed by atoms with Crippen molar-refractivity contribution in [2.45, 2.75) is 122 Å². The third kappa shape index (κ3) is 27.8. The molecule has 0 aliphatic carbocycles. The number of pyridine rings is 1. The quantitative estimate of drug-likeness (QED) is 0.0381. The lowest BCUT2D eigenvalue weighted by atomic mass is 10.00. The van der Waals surface area contributed by atoms with Crippen LogP contribution in [0.2, 0.25) is 0 Å². The third-order valence-corrected chi connectivity index (χ3v) is 12.5. The van der Waals surface area contributed by atoms with Crippen LogP contribution in [0, 0.1) is 17.2 Å². The van der Waals surface area contributed by atoms with Crippen LogP contribution in [0.4, 0.5) is 13.2 Å². The Balaban J connectivity index is 0.00000236. The van der Waals surface area contributed by atoms with Crippen LogP contribution < -0.4 is 37.1 Å². The van der Waals surface area contributed by atoms with Crippen LogP contribution in [0.25, 0.3) is 10.9 Å². The van der Waals surface area contributed by atoms with Gasteiger partial charge in [-0.1, -0.05) is 38.1 Å². The van der Waals surface area contributed by atoms with Gasteiger partial charge in [0.1, 0.15) is 23.9 Å². The molecule has 1 aromatic heterocycles. The number of carboxylic acids is 2. The Morgan fingerprint density at radius 3 is 2.07 bits per heavy atom. The molecule has 0 radical (unpaired) electrons. The van der Waals surface area contributed by atoms with E-state index in [1.807, 2.05) is 0 Å². The number of aryl methyl sites for hydroxylation is 1. The van der Waals surface area contributed by atoms with E-state index in [0.29, 0.717) is 86.3 Å². The number of hydrogen-bond acceptors (Lipinski definition) is 15. The number of aliphatic carboxylic acids is 2. The third-order valence-electron chi connectivity index (χ3n) is 12.5. The lowest BCUT2D eigenvalue weighted by Crippen LogP contribution is -2.51. The van der Waals surface area contributed by atoms with Gasteiger partial charge < -0.3 is 66.4 Å². The average molecular weight is 1160 g/mol. The number of nitrogens with one attached hydrogen (secondary N) is 5. The van der Waals surface area contributed by atoms with Crippen molar-refractivity contribution >= 4 is 58.3 Å². The number of benzene rings is 2. The Morgan fingerprint density at radius 2 is 1.41 bits per heavy atom. The van der Waals surface area contributed by atoms with E-state index >= 15 is 0 Å². The predicted molar refractivity (Wildman–Crippen MR) is 293 cm³/mol. The minimum absolute atomic E-state index is 0.0301. The molecule has 1 saturated heterocycles. The number of alkyl halides is 3. The maximum absolute atomic E-state index is 13.2. The summed E-state index contributed by atoms with van der Waals surface area (Å²) >= 11 is 0. The molecule has 3 atom stereocenters. The van der Waals surface area contributed by atoms with Gasteiger partial charge in [0, 0.05) is 50.1 Å². The molecule has 9 N–H and O–H groups in total. The van der Waals surface area contributed by atoms with Gasteiger partial charge in [0.15, 0.2) is 6.61 Å². The summed E-state index contributed by atoms with van der Waals surface area (Å²) < 4.78 is 53.9. The fourth-order valence-electron chi connectivity index (χ4n) is 8.25. The van der Waals surface area contributed by atoms with E-state index in [4.69, 9.17) is 34.6 Å². The first-order chi connectivity index (χ1) is 39.2. The zero-order valence-corrected chi connectivity index (χ0v) is 46.5. The molecule has 452 valence electrons. The number of nitrogens with zero attached hydrogens (tertiary/aromatic N) is 3. The molecule has 0 saturated carbocycles. The van der Waals surface area contributed by atoms with E-state index in [0.717, 1.165) is 25.7 Å². The van der Waals surface area contributed by atoms with E-state index in [9.17, 15) is 57.1 Å². The summed E-state index contributed by atoms with van der Waals surface area (Å²) in [5, 5.41) is 40.3. The van der Waals surface area contributed by atoms with Gasteiger partial charge in [0.2, 0.25) is 23.6 Å². The Labute approximate surface area is 474 Å². The van der Waals surface area contributed by atoms with E-state index in [1.165, 1.54) is 22.2 Å². The van der Waals surface area contributed by atoms with E-state index in [1.54, 1.807) is 24.3 Å². The predicted octanol–water partition coefficient (Wildman–Crippen LogP) is 3.74. The number of fused-ring (bicyclic) bond motifs is 1. The SMILES string of the molecule is CC(C)Cc1ccc(CCCC(=O)NCCCC[C@H](NC(=O)[C@H](CCCCN)NC(=O)CCOCCOCCOCCNC(=O)COc2ccc3c(C(=O)NCC(=O)N4CCC[C@H]4C#N)ccnc3c2)C(=O)O)cc1.O=C(O)C(F)(F)F. The summed E-state index contributed by atoms with van der Waals surface area (Å²) in [4.78, 5) is 103. The van der Waals surface area contributed by atoms with Crippen LogP contribution in [0.3, 0.4) is 0 Å². The zero-order valence-electron chi connectivity index (χ0n) is 46.5. The molecule has 1 fully saturated rings. The fraction of sp³-hybridized carbons (Fsp3) is 0.571. The van der Waals surface area contributed by atoms with Crippen molar-refractivity contribution in [1.29, 1.82) is 5.26 Å². The molecular formula is C56H78F3N9O14. The summed E-state index contributed by atoms with van der Waals surface area (Å²) in [7, 11) is 0. The number of carboxylic acid groups (broad SMARTS) is 2. The highest BCUT2D eigenvalue weighted by atomic mass is 19.4. The number of likely N-dealkylation sites (tertiary alicyclic amines) is 1. The van der Waals surface area contributed by atoms with Crippen molar-refractivity contribution in [1.82, 2.24) is 36.5 Å². The maximum atomic E-state index is 13.2. The summed E-state index contributed by atoms with van der Waals surface area (Å²) in [6, 6.07) is 14.5. The Morgan fingerprint density at radius 1 is 0.768 bits per heavy atom. The van der Waals surface area contributed by atoms with Crippen molar-refractivity contribution in [2.24, 2.45) is 11.7 Å². The highest BCUT2D eigenvalue weighted by molar-refractivity contribution is 6.07. The molecule has 3 aromatic rings. The first-order valence-corrected chi connectivity index (χ1v) is 27.4. The molecule has 2 aromatic carbocycles. The van der Waals surface area contributed by atoms with Crippen molar-refractivity contribution in [3.05, 3.63) is 71.4 Å². The van der Waals surface area contributed by atoms with Crippen molar-refractivity contribution in [3.8, 4) is 11.8 Å². The van der Waals surface area contributed by atoms with Gasteiger partial charge >= 0.3 is 18.1 Å². The zero-order chi connectivity index (χ0) is 60.3. The Bertz CT molecular complexity index is 2550. The molecule has 4 rings (SSSR count). The molecule has 6 amide bonds. The van der Waals surface area contributed by atoms with Gasteiger partial charge in [0.05, 0.1) is 63.3 Å². The van der Waals surface area contributed by atoms with Crippen molar-refractivity contribution < 1.29 is 80.7 Å². The number of amides is 6. The second-order valence-corrected chi connectivity index (χ2v) is 19.5. The number of nitriles is 1. The number of hydrogen-bond donors (Lipinski definition) is 8. The number of carbonyl (C=O) groups is 8. The first-order valence-electron chi connectivity index (χ1n) is 27.4. The monoisotopic (exact) mass is 1160 g/mol. The van der Waals surface area contributed by atoms with Crippen LogP contribution in [-0.2, 0) is 60.6 Å². The summed E-state index contributed by atoms with van der Waals surface area (Å²) in [5.41, 5.74) is 8.92. The topological polar surface area (TPSA) is 340 Å². The van der Waals surface area contributed by atoms with Gasteiger partial charge in [-0.15, -0.1) is 0 Å². The highest BCUT2D eigenvalue weighted by Crippen LogP contribution is 2.23. The summed E-state index contributed by atoms with van der Waals surface area (Å²) in [6.45, 7) is 6.68. The molecule has 0 spiro atoms. The van der Waals surface area contributed by atoms with Crippen LogP contribution in [0.1, 0.15) is 106 Å². The standard InChI is InChI=1S/C54H77N9O12.C2HF3O2/c1-38(2)33-40-16-14-39(15-17-40)9-7-13-48(64)58-23-6-4-12-46(54(70)71)62-53(69)45(11-3-5-22-55)61-49(65)21-27-72-29-31-74-32-30-73-28-25-59-50(66)37-75-42-18-19-43-44(20-24-57-47(43)34-42)52(68)60-36-51(67)63-26-8-10-41(63)35-56;3-2(4,5)1(6)7/h14-20,24,34,38,41,45-46H,3-13,21-23,25-33,36-37,55H2,1-2H3,(H,58,64)(H,59,66)(H,60,68)(H,61,65)(H,62,69)(H,70,71);(H,6,7)/t41-,45-,46-;/m0./s1. The maximum Gasteiger partial charge on any atom is 0.490 e. The molecule has 2 heterocycles. The molecule has 82 heavy (non-hydrogen) atoms. The molecule has 23 nitrogen and oxygen atoms in total. The number of carbonyl (C=O) groups excluding carboxylic acids is 6. The van der Waals surface area contributed by atoms with E-state index in [-0.39, 0.29) is 96.3 Å². The minimum Gasteiger partial charge on any atom is -0.484 e. The summed E-state index contributed by atoms with van der Waals surface area (Å²) in [6.07, 6.45) is 3.31. The van der Waals surface area contributed by atoms with Gasteiger partial charge in [-0.2, -0.15) is 18.4 Å². The largest absolute Gasteiger partial charge is 0.490 e. The molecular weight excluding hydrogens is 1080 g/mol. The number of unbranched alkanes of at least 4 members (excludes halogenated alkanes) is 2. The van der Waals surface area contributed by atoms with E-state index in [2.05, 4.69) is 75.8 Å². The Kier molecular flexibility index (Phi) is 32.1. The Hall–Kier alpha value is -7.47. The highest BCUT2D eigenvalue weighted by Gasteiger charge is 2.38. The van der Waals surface area contributed by atoms with E-state index < -0.39 is 54.0 Å². The number of halogens is 3. The van der Waals surface area contributed by atoms with Crippen LogP contribution in [-0.4, -0.2) is 171 Å². The van der Waals surface area contributed by atoms with Crippen LogP contribution in [0.15, 0.2) is 54.7 Å². The molecule has 0 unspecified atom stereocenters. The smallest absolute Gasteiger partial charge is 0.484 e. The van der Waals surface area contributed by atoms with Crippen molar-refractivity contribution in [2.75, 3.05) is 79.0 Å². The fourth-order valence-corrected chi connectivity index (χ4v) is 8.25. The molecule has 1 aliphatic rings. The molecule has 26 heteroatoms. The molecule has 0 bridgehead atoms. The van der Waals surface area contributed by atoms with Crippen LogP contribution >= 0.6 is 0 Å². The second kappa shape index (κ2) is 38.3. The van der Waals surface area contributed by atoms with Gasteiger partial charge in [0.25, 0.3) is 11.8 Å².